The van der Waals surface area contributed by atoms with E-state index in [1.165, 1.54) is 6.07 Å². The number of nitrogens with one attached hydrogen (secondary N) is 1. The Balaban J connectivity index is 2.53. The van der Waals surface area contributed by atoms with Crippen molar-refractivity contribution < 1.29 is 4.39 Å². The molecule has 2 rings (SSSR count). The number of nitrogens with zero attached hydrogens (tertiary/aromatic N) is 2. The van der Waals surface area contributed by atoms with Gasteiger partial charge in [0.1, 0.15) is 11.6 Å². The lowest BCUT2D eigenvalue weighted by Crippen LogP contribution is -2.08. The molecule has 1 aromatic carbocycles. The minimum Gasteiger partial charge on any atom is -0.369 e. The first-order chi connectivity index (χ1) is 10.1. The molecular weight excluding hydrogens is 380 g/mol. The van der Waals surface area contributed by atoms with Crippen molar-refractivity contribution >= 4 is 28.4 Å². The molecule has 0 atom stereocenters. The van der Waals surface area contributed by atoms with E-state index >= 15 is 0 Å². The van der Waals surface area contributed by atoms with Gasteiger partial charge in [-0.25, -0.2) is 14.4 Å². The van der Waals surface area contributed by atoms with Gasteiger partial charge in [0, 0.05) is 12.1 Å². The Bertz CT molecular complexity index is 616. The minimum atomic E-state index is -0.204. The fraction of sp³-hybridized carbons (Fsp3) is 0.375. The van der Waals surface area contributed by atoms with E-state index in [0.717, 1.165) is 40.0 Å². The molecule has 0 amide bonds. The van der Waals surface area contributed by atoms with E-state index in [9.17, 15) is 4.39 Å². The third kappa shape index (κ3) is 3.70. The first kappa shape index (κ1) is 16.1. The molecule has 0 saturated carbocycles. The largest absolute Gasteiger partial charge is 0.369 e. The van der Waals surface area contributed by atoms with Gasteiger partial charge in [-0.15, -0.1) is 0 Å². The van der Waals surface area contributed by atoms with Crippen LogP contribution in [-0.2, 0) is 6.42 Å². The number of aromatic nitrogens is 2. The molecule has 1 aromatic heterocycles. The zero-order valence-electron chi connectivity index (χ0n) is 12.5. The molecule has 0 spiro atoms. The summed E-state index contributed by atoms with van der Waals surface area (Å²) in [5, 5.41) is 3.28. The Morgan fingerprint density at radius 3 is 2.62 bits per heavy atom. The van der Waals surface area contributed by atoms with Crippen molar-refractivity contribution in [2.24, 2.45) is 0 Å². The lowest BCUT2D eigenvalue weighted by molar-refractivity contribution is 0.618. The molecule has 0 bridgehead atoms. The molecule has 0 fully saturated rings. The van der Waals surface area contributed by atoms with Crippen LogP contribution in [0.25, 0.3) is 11.4 Å². The van der Waals surface area contributed by atoms with Crippen LogP contribution in [-0.4, -0.2) is 16.5 Å². The molecule has 0 radical (unpaired) electrons. The van der Waals surface area contributed by atoms with Crippen LogP contribution in [0.3, 0.4) is 0 Å². The van der Waals surface area contributed by atoms with Crippen LogP contribution in [0.2, 0.25) is 0 Å². The summed E-state index contributed by atoms with van der Waals surface area (Å²) in [5.41, 5.74) is 2.50. The van der Waals surface area contributed by atoms with Crippen molar-refractivity contribution in [3.8, 4) is 11.4 Å². The normalized spacial score (nSPS) is 10.7. The van der Waals surface area contributed by atoms with Crippen molar-refractivity contribution in [2.45, 2.75) is 33.6 Å². The van der Waals surface area contributed by atoms with E-state index in [1.54, 1.807) is 19.1 Å². The molecule has 0 aliphatic heterocycles. The van der Waals surface area contributed by atoms with Gasteiger partial charge in [0.2, 0.25) is 0 Å². The zero-order valence-corrected chi connectivity index (χ0v) is 14.7. The summed E-state index contributed by atoms with van der Waals surface area (Å²) in [7, 11) is 0. The average molecular weight is 399 g/mol. The van der Waals surface area contributed by atoms with Crippen molar-refractivity contribution in [1.82, 2.24) is 9.97 Å². The van der Waals surface area contributed by atoms with Gasteiger partial charge in [-0.1, -0.05) is 13.3 Å². The fourth-order valence-corrected chi connectivity index (χ4v) is 2.80. The summed E-state index contributed by atoms with van der Waals surface area (Å²) in [6, 6.07) is 5.00. The molecule has 3 nitrogen and oxygen atoms in total. The Labute approximate surface area is 138 Å². The molecule has 5 heteroatoms. The van der Waals surface area contributed by atoms with Gasteiger partial charge in [0.15, 0.2) is 5.82 Å². The van der Waals surface area contributed by atoms with Crippen LogP contribution in [0.5, 0.6) is 0 Å². The highest BCUT2D eigenvalue weighted by atomic mass is 127. The molecule has 112 valence electrons. The van der Waals surface area contributed by atoms with Gasteiger partial charge in [-0.2, -0.15) is 0 Å². The number of hydrogen-bond acceptors (Lipinski definition) is 3. The van der Waals surface area contributed by atoms with Gasteiger partial charge in [-0.3, -0.25) is 0 Å². The summed E-state index contributed by atoms with van der Waals surface area (Å²) in [5.74, 6) is 1.30. The molecule has 0 unspecified atom stereocenters. The van der Waals surface area contributed by atoms with E-state index in [2.05, 4.69) is 44.8 Å². The second-order valence-corrected chi connectivity index (χ2v) is 5.98. The Morgan fingerprint density at radius 2 is 2.00 bits per heavy atom. The van der Waals surface area contributed by atoms with Crippen molar-refractivity contribution in [2.75, 3.05) is 11.9 Å². The quantitative estimate of drug-likeness (QED) is 0.748. The highest BCUT2D eigenvalue weighted by molar-refractivity contribution is 14.1. The van der Waals surface area contributed by atoms with E-state index in [4.69, 9.17) is 0 Å². The molecule has 21 heavy (non-hydrogen) atoms. The molecule has 0 aliphatic rings. The van der Waals surface area contributed by atoms with Crippen LogP contribution in [0.4, 0.5) is 10.2 Å². The van der Waals surface area contributed by atoms with E-state index in [0.29, 0.717) is 11.4 Å². The number of aryl methyl sites for hydroxylation is 2. The Morgan fingerprint density at radius 1 is 1.24 bits per heavy atom. The lowest BCUT2D eigenvalue weighted by Gasteiger charge is -2.12. The van der Waals surface area contributed by atoms with E-state index in [-0.39, 0.29) is 5.82 Å². The monoisotopic (exact) mass is 399 g/mol. The van der Waals surface area contributed by atoms with Gasteiger partial charge in [0.05, 0.1) is 9.26 Å². The van der Waals surface area contributed by atoms with Crippen LogP contribution < -0.4 is 5.32 Å². The van der Waals surface area contributed by atoms with Gasteiger partial charge in [-0.05, 0) is 66.6 Å². The van der Waals surface area contributed by atoms with E-state index < -0.39 is 0 Å². The Kier molecular flexibility index (Phi) is 5.50. The van der Waals surface area contributed by atoms with Crippen molar-refractivity contribution in [3.05, 3.63) is 38.8 Å². The van der Waals surface area contributed by atoms with Crippen molar-refractivity contribution in [1.29, 1.82) is 0 Å². The Hall–Kier alpha value is -1.24. The average Bonchev–Trinajstić information content (AvgIpc) is 2.46. The SMILES string of the molecule is CCCc1nc(-c2ccc(F)c(C)c2)nc(NCC)c1I. The van der Waals surface area contributed by atoms with Crippen molar-refractivity contribution in [3.63, 3.8) is 0 Å². The predicted molar refractivity (Wildman–Crippen MR) is 93.0 cm³/mol. The molecule has 1 N–H and O–H groups in total. The van der Waals surface area contributed by atoms with Gasteiger partial charge in [0.25, 0.3) is 0 Å². The van der Waals surface area contributed by atoms with E-state index in [1.807, 2.05) is 6.92 Å². The van der Waals surface area contributed by atoms with Crippen LogP contribution >= 0.6 is 22.6 Å². The maximum absolute atomic E-state index is 13.4. The maximum atomic E-state index is 13.4. The summed E-state index contributed by atoms with van der Waals surface area (Å²) in [6.07, 6.45) is 1.94. The molecule has 2 aromatic rings. The second-order valence-electron chi connectivity index (χ2n) is 4.90. The third-order valence-corrected chi connectivity index (χ3v) is 4.30. The molecule has 0 aliphatic carbocycles. The summed E-state index contributed by atoms with van der Waals surface area (Å²) < 4.78 is 14.5. The number of anilines is 1. The molecule has 1 heterocycles. The molecular formula is C16H19FIN3. The summed E-state index contributed by atoms with van der Waals surface area (Å²) in [4.78, 5) is 9.26. The molecule has 0 saturated heterocycles. The lowest BCUT2D eigenvalue weighted by atomic mass is 10.1. The first-order valence-corrected chi connectivity index (χ1v) is 8.21. The van der Waals surface area contributed by atoms with Gasteiger partial charge >= 0.3 is 0 Å². The third-order valence-electron chi connectivity index (χ3n) is 3.17. The highest BCUT2D eigenvalue weighted by Gasteiger charge is 2.13. The summed E-state index contributed by atoms with van der Waals surface area (Å²) >= 11 is 2.29. The fourth-order valence-electron chi connectivity index (χ4n) is 2.09. The summed E-state index contributed by atoms with van der Waals surface area (Å²) in [6.45, 7) is 6.73. The number of hydrogen-bond donors (Lipinski definition) is 1. The minimum absolute atomic E-state index is 0.204. The highest BCUT2D eigenvalue weighted by Crippen LogP contribution is 2.26. The maximum Gasteiger partial charge on any atom is 0.161 e. The predicted octanol–water partition coefficient (Wildman–Crippen LogP) is 4.58. The number of halogens is 2. The van der Waals surface area contributed by atoms with Crippen LogP contribution in [0, 0.1) is 16.3 Å². The van der Waals surface area contributed by atoms with Gasteiger partial charge < -0.3 is 5.32 Å². The van der Waals surface area contributed by atoms with Crippen LogP contribution in [0.15, 0.2) is 18.2 Å². The standard InChI is InChI=1S/C16H19FIN3/c1-4-6-13-14(18)16(19-5-2)21-15(20-13)11-7-8-12(17)10(3)9-11/h7-9H,4-6H2,1-3H3,(H,19,20,21). The topological polar surface area (TPSA) is 37.8 Å². The first-order valence-electron chi connectivity index (χ1n) is 7.13. The smallest absolute Gasteiger partial charge is 0.161 e. The number of rotatable bonds is 5. The number of benzene rings is 1. The second kappa shape index (κ2) is 7.15. The van der Waals surface area contributed by atoms with Crippen LogP contribution in [0.1, 0.15) is 31.5 Å². The zero-order chi connectivity index (χ0) is 15.4.